The maximum atomic E-state index is 12.4. The van der Waals surface area contributed by atoms with Crippen molar-refractivity contribution in [3.05, 3.63) is 46.6 Å². The van der Waals surface area contributed by atoms with E-state index in [1.807, 2.05) is 12.1 Å². The van der Waals surface area contributed by atoms with E-state index in [2.05, 4.69) is 4.98 Å². The normalized spacial score (nSPS) is 14.3. The monoisotopic (exact) mass is 390 g/mol. The highest BCUT2D eigenvalue weighted by Gasteiger charge is 2.33. The highest BCUT2D eigenvalue weighted by atomic mass is 32.1. The molecule has 0 spiro atoms. The molecular formula is C18H18N2O6S. The second-order valence-corrected chi connectivity index (χ2v) is 6.39. The summed E-state index contributed by atoms with van der Waals surface area (Å²) in [5, 5.41) is 11.7. The molecule has 27 heavy (non-hydrogen) atoms. The Labute approximate surface area is 159 Å². The standard InChI is InChI=1S/C18H18N2O6S/c1-24-17(22)13-8-26-10-20(15(13)18(23)25-2)14-6-4-3-5-12(14)16-19-11(7-21)9-27-16/h3-6,9,21H,7-8,10H2,1-2H3. The minimum atomic E-state index is -0.663. The van der Waals surface area contributed by atoms with Crippen LogP contribution in [-0.2, 0) is 30.4 Å². The molecule has 1 aromatic carbocycles. The van der Waals surface area contributed by atoms with E-state index in [1.165, 1.54) is 25.6 Å². The van der Waals surface area contributed by atoms with E-state index in [4.69, 9.17) is 14.2 Å². The van der Waals surface area contributed by atoms with Gasteiger partial charge in [-0.15, -0.1) is 11.3 Å². The van der Waals surface area contributed by atoms with Crippen molar-refractivity contribution in [3.8, 4) is 10.6 Å². The highest BCUT2D eigenvalue weighted by molar-refractivity contribution is 7.13. The third kappa shape index (κ3) is 3.70. The molecule has 0 saturated heterocycles. The average Bonchev–Trinajstić information content (AvgIpc) is 3.21. The summed E-state index contributed by atoms with van der Waals surface area (Å²) in [6, 6.07) is 7.28. The molecule has 0 atom stereocenters. The van der Waals surface area contributed by atoms with Crippen LogP contribution in [0.3, 0.4) is 0 Å². The molecule has 1 aliphatic rings. The highest BCUT2D eigenvalue weighted by Crippen LogP contribution is 2.36. The van der Waals surface area contributed by atoms with Crippen molar-refractivity contribution in [2.45, 2.75) is 6.61 Å². The number of aromatic nitrogens is 1. The van der Waals surface area contributed by atoms with E-state index in [-0.39, 0.29) is 31.2 Å². The zero-order valence-electron chi connectivity index (χ0n) is 14.8. The van der Waals surface area contributed by atoms with Gasteiger partial charge in [0, 0.05) is 10.9 Å². The number of carbonyl (C=O) groups is 2. The van der Waals surface area contributed by atoms with Crippen LogP contribution >= 0.6 is 11.3 Å². The fourth-order valence-electron chi connectivity index (χ4n) is 2.73. The van der Waals surface area contributed by atoms with Gasteiger partial charge in [-0.2, -0.15) is 0 Å². The van der Waals surface area contributed by atoms with E-state index in [0.717, 1.165) is 5.56 Å². The van der Waals surface area contributed by atoms with Crippen molar-refractivity contribution in [2.24, 2.45) is 0 Å². The third-order valence-electron chi connectivity index (χ3n) is 3.97. The van der Waals surface area contributed by atoms with Gasteiger partial charge in [0.05, 0.1) is 44.4 Å². The first-order chi connectivity index (χ1) is 13.1. The number of hydrogen-bond donors (Lipinski definition) is 1. The lowest BCUT2D eigenvalue weighted by Gasteiger charge is -2.32. The molecule has 0 saturated carbocycles. The predicted octanol–water partition coefficient (Wildman–Crippen LogP) is 1.70. The van der Waals surface area contributed by atoms with Gasteiger partial charge in [-0.25, -0.2) is 14.6 Å². The second-order valence-electron chi connectivity index (χ2n) is 5.54. The van der Waals surface area contributed by atoms with Crippen molar-refractivity contribution >= 4 is 29.0 Å². The van der Waals surface area contributed by atoms with Crippen LogP contribution in [0.5, 0.6) is 0 Å². The van der Waals surface area contributed by atoms with Gasteiger partial charge in [0.15, 0.2) is 0 Å². The van der Waals surface area contributed by atoms with Crippen molar-refractivity contribution in [1.82, 2.24) is 4.98 Å². The van der Waals surface area contributed by atoms with Gasteiger partial charge in [-0.05, 0) is 12.1 Å². The van der Waals surface area contributed by atoms with E-state index in [0.29, 0.717) is 16.4 Å². The number of thiazole rings is 1. The molecule has 0 bridgehead atoms. The average molecular weight is 390 g/mol. The Hall–Kier alpha value is -2.75. The van der Waals surface area contributed by atoms with Crippen LogP contribution in [0, 0.1) is 0 Å². The smallest absolute Gasteiger partial charge is 0.355 e. The minimum absolute atomic E-state index is 0.0539. The van der Waals surface area contributed by atoms with Crippen LogP contribution in [0.25, 0.3) is 10.6 Å². The molecule has 9 heteroatoms. The summed E-state index contributed by atoms with van der Waals surface area (Å²) in [5.41, 5.74) is 2.07. The summed E-state index contributed by atoms with van der Waals surface area (Å²) >= 11 is 1.37. The molecule has 0 unspecified atom stereocenters. The van der Waals surface area contributed by atoms with Gasteiger partial charge in [0.1, 0.15) is 17.4 Å². The molecule has 1 aromatic heterocycles. The lowest BCUT2D eigenvalue weighted by atomic mass is 10.1. The zero-order valence-corrected chi connectivity index (χ0v) is 15.6. The molecule has 0 aliphatic carbocycles. The second kappa shape index (κ2) is 8.30. The number of anilines is 1. The van der Waals surface area contributed by atoms with Gasteiger partial charge in [0.2, 0.25) is 0 Å². The Balaban J connectivity index is 2.14. The molecule has 1 N–H and O–H groups in total. The summed E-state index contributed by atoms with van der Waals surface area (Å²) in [4.78, 5) is 30.5. The number of nitrogens with zero attached hydrogens (tertiary/aromatic N) is 2. The first-order valence-electron chi connectivity index (χ1n) is 8.00. The Bertz CT molecular complexity index is 891. The summed E-state index contributed by atoms with van der Waals surface area (Å²) in [7, 11) is 2.49. The quantitative estimate of drug-likeness (QED) is 0.771. The number of carbonyl (C=O) groups excluding carboxylic acids is 2. The summed E-state index contributed by atoms with van der Waals surface area (Å²) in [6.45, 7) is -0.160. The molecule has 3 rings (SSSR count). The molecule has 0 fully saturated rings. The van der Waals surface area contributed by atoms with E-state index < -0.39 is 11.9 Å². The maximum absolute atomic E-state index is 12.4. The fourth-order valence-corrected chi connectivity index (χ4v) is 3.57. The van der Waals surface area contributed by atoms with Gasteiger partial charge in [-0.1, -0.05) is 12.1 Å². The predicted molar refractivity (Wildman–Crippen MR) is 97.8 cm³/mol. The molecule has 142 valence electrons. The van der Waals surface area contributed by atoms with Crippen molar-refractivity contribution in [1.29, 1.82) is 0 Å². The van der Waals surface area contributed by atoms with Crippen LogP contribution in [0.2, 0.25) is 0 Å². The van der Waals surface area contributed by atoms with Crippen molar-refractivity contribution in [3.63, 3.8) is 0 Å². The zero-order chi connectivity index (χ0) is 19.4. The Morgan fingerprint density at radius 2 is 2.00 bits per heavy atom. The van der Waals surface area contributed by atoms with Gasteiger partial charge in [-0.3, -0.25) is 0 Å². The number of esters is 2. The van der Waals surface area contributed by atoms with Crippen LogP contribution in [-0.4, -0.2) is 49.6 Å². The third-order valence-corrected chi connectivity index (χ3v) is 4.90. The molecule has 2 aromatic rings. The first-order valence-corrected chi connectivity index (χ1v) is 8.88. The number of aliphatic hydroxyl groups excluding tert-OH is 1. The molecule has 2 heterocycles. The van der Waals surface area contributed by atoms with Crippen molar-refractivity contribution in [2.75, 3.05) is 32.5 Å². The summed E-state index contributed by atoms with van der Waals surface area (Å²) in [6.07, 6.45) is 0. The lowest BCUT2D eigenvalue weighted by molar-refractivity contribution is -0.140. The summed E-state index contributed by atoms with van der Waals surface area (Å²) in [5.74, 6) is -1.32. The van der Waals surface area contributed by atoms with Gasteiger partial charge >= 0.3 is 11.9 Å². The van der Waals surface area contributed by atoms with E-state index >= 15 is 0 Å². The number of hydrogen-bond acceptors (Lipinski definition) is 9. The molecule has 0 amide bonds. The molecule has 8 nitrogen and oxygen atoms in total. The number of methoxy groups -OCH3 is 2. The van der Waals surface area contributed by atoms with E-state index in [9.17, 15) is 14.7 Å². The number of para-hydroxylation sites is 1. The Morgan fingerprint density at radius 1 is 1.26 bits per heavy atom. The van der Waals surface area contributed by atoms with E-state index in [1.54, 1.807) is 22.4 Å². The minimum Gasteiger partial charge on any atom is -0.466 e. The number of rotatable bonds is 5. The van der Waals surface area contributed by atoms with Crippen LogP contribution < -0.4 is 4.90 Å². The van der Waals surface area contributed by atoms with Gasteiger partial charge in [0.25, 0.3) is 0 Å². The Morgan fingerprint density at radius 3 is 2.67 bits per heavy atom. The topological polar surface area (TPSA) is 98.2 Å². The first kappa shape index (κ1) is 19.0. The SMILES string of the molecule is COC(=O)C1=C(C(=O)OC)N(c2ccccc2-c2nc(CO)cs2)COC1. The van der Waals surface area contributed by atoms with Crippen LogP contribution in [0.15, 0.2) is 40.9 Å². The number of aliphatic hydroxyl groups is 1. The summed E-state index contributed by atoms with van der Waals surface area (Å²) < 4.78 is 15.2. The number of ether oxygens (including phenoxy) is 3. The molecule has 1 aliphatic heterocycles. The fraction of sp³-hybridized carbons (Fsp3) is 0.278. The molecule has 0 radical (unpaired) electrons. The van der Waals surface area contributed by atoms with Crippen LogP contribution in [0.4, 0.5) is 5.69 Å². The number of benzene rings is 1. The lowest BCUT2D eigenvalue weighted by Crippen LogP contribution is -2.39. The largest absolute Gasteiger partial charge is 0.466 e. The van der Waals surface area contributed by atoms with Gasteiger partial charge < -0.3 is 24.2 Å². The van der Waals surface area contributed by atoms with Crippen molar-refractivity contribution < 1.29 is 28.9 Å². The van der Waals surface area contributed by atoms with Crippen LogP contribution in [0.1, 0.15) is 5.69 Å². The Kier molecular flexibility index (Phi) is 5.84. The maximum Gasteiger partial charge on any atom is 0.355 e. The molecular weight excluding hydrogens is 372 g/mol.